The summed E-state index contributed by atoms with van der Waals surface area (Å²) < 4.78 is 100. The molecule has 0 aromatic carbocycles. The molecule has 0 aromatic heterocycles. The summed E-state index contributed by atoms with van der Waals surface area (Å²) in [7, 11) is 0. The van der Waals surface area contributed by atoms with Gasteiger partial charge < -0.3 is 198 Å². The lowest BCUT2D eigenvalue weighted by Gasteiger charge is -2.51. The average molecular weight is 2000 g/mol. The minimum atomic E-state index is -2.33. The number of carboxylic acids is 8. The van der Waals surface area contributed by atoms with Gasteiger partial charge in [0.25, 0.3) is 0 Å². The van der Waals surface area contributed by atoms with Gasteiger partial charge in [-0.1, -0.05) is 0 Å². The Hall–Kier alpha value is -2.72. The van der Waals surface area contributed by atoms with Crippen molar-refractivity contribution in [1.29, 1.82) is 0 Å². The Morgan fingerprint density at radius 3 is 0.336 bits per heavy atom. The van der Waals surface area contributed by atoms with Crippen LogP contribution in [0.25, 0.3) is 0 Å². The summed E-state index contributed by atoms with van der Waals surface area (Å²) in [5, 5.41) is 272. The number of hydrogen-bond donors (Lipinski definition) is 24. The van der Waals surface area contributed by atoms with E-state index >= 15 is 0 Å². The molecule has 24 N–H and O–H groups in total. The number of carboxylic acid groups (broad SMARTS) is 8. The van der Waals surface area contributed by atoms with Gasteiger partial charge in [-0.2, -0.15) is 94.1 Å². The van der Waals surface area contributed by atoms with Crippen molar-refractivity contribution in [2.24, 2.45) is 0 Å². The van der Waals surface area contributed by atoms with Gasteiger partial charge >= 0.3 is 47.8 Å². The molecule has 56 heteroatoms. The third-order valence-corrected chi connectivity index (χ3v) is 29.9. The fourth-order valence-electron chi connectivity index (χ4n) is 14.7. The highest BCUT2D eigenvalue weighted by Crippen LogP contribution is 2.43. The molecule has 128 heavy (non-hydrogen) atoms. The smallest absolute Gasteiger partial charge is 0.304 e. The quantitative estimate of drug-likeness (QED) is 0.0253. The van der Waals surface area contributed by atoms with Crippen LogP contribution in [0.4, 0.5) is 0 Å². The van der Waals surface area contributed by atoms with Crippen LogP contribution >= 0.6 is 94.1 Å². The third-order valence-electron chi connectivity index (χ3n) is 21.4. The second-order valence-corrected chi connectivity index (χ2v) is 39.9. The van der Waals surface area contributed by atoms with Crippen LogP contribution in [-0.2, 0) is 114 Å². The highest BCUT2D eigenvalue weighted by atomic mass is 32.2. The van der Waals surface area contributed by atoms with Crippen molar-refractivity contribution in [2.75, 3.05) is 92.0 Å². The Balaban J connectivity index is 1.12. The molecular weight excluding hydrogens is 1890 g/mol. The van der Waals surface area contributed by atoms with Crippen LogP contribution in [0.15, 0.2) is 0 Å². The van der Waals surface area contributed by atoms with Crippen LogP contribution in [-0.4, -0.2) is 508 Å². The Morgan fingerprint density at radius 2 is 0.250 bits per heavy atom. The molecule has 0 radical (unpaired) electrons. The molecule has 0 aliphatic carbocycles. The molecule has 0 amide bonds. The van der Waals surface area contributed by atoms with Gasteiger partial charge in [0.2, 0.25) is 0 Å². The monoisotopic (exact) mass is 2000 g/mol. The minimum absolute atomic E-state index is 0.159. The van der Waals surface area contributed by atoms with E-state index in [-0.39, 0.29) is 92.0 Å². The van der Waals surface area contributed by atoms with E-state index in [0.29, 0.717) is 0 Å². The third kappa shape index (κ3) is 30.6. The summed E-state index contributed by atoms with van der Waals surface area (Å²) in [6, 6.07) is 0. The molecule has 30 heterocycles. The van der Waals surface area contributed by atoms with E-state index in [2.05, 4.69) is 0 Å². The Labute approximate surface area is 763 Å². The molecule has 30 saturated heterocycles. The highest BCUT2D eigenvalue weighted by molar-refractivity contribution is 8.00. The van der Waals surface area contributed by atoms with Gasteiger partial charge in [0.05, 0.1) is 100 Å². The first kappa shape index (κ1) is 109. The zero-order chi connectivity index (χ0) is 93.7. The van der Waals surface area contributed by atoms with Gasteiger partial charge in [-0.05, 0) is 0 Å². The van der Waals surface area contributed by atoms with E-state index < -0.39 is 345 Å². The topological polar surface area (TPSA) is 770 Å². The van der Waals surface area contributed by atoms with E-state index in [1.54, 1.807) is 0 Å². The van der Waals surface area contributed by atoms with Crippen molar-refractivity contribution in [3.8, 4) is 0 Å². The first-order chi connectivity index (χ1) is 60.7. The Kier molecular flexibility index (Phi) is 44.9. The zero-order valence-corrected chi connectivity index (χ0v) is 74.4. The predicted molar refractivity (Wildman–Crippen MR) is 441 cm³/mol. The van der Waals surface area contributed by atoms with Gasteiger partial charge in [0.1, 0.15) is 146 Å². The van der Waals surface area contributed by atoms with Crippen molar-refractivity contribution in [1.82, 2.24) is 0 Å². The molecule has 40 atom stereocenters. The maximum atomic E-state index is 12.3. The predicted octanol–water partition coefficient (Wildman–Crippen LogP) is -7.68. The van der Waals surface area contributed by atoms with E-state index in [1.165, 1.54) is 0 Å². The standard InChI is InChI=1S/C72H112O48S8/c73-33(74)1-9-121-17-25-57-41(89)49(97)65(105-25)114-58-26(18-122-10-2-34(75)76)107-67(51(99)43(58)91)116-60-28(20-124-12-4-36(79)80)109-69(53(101)45(60)93)118-62-30(22-126-14-6-38(83)84)111-71(55(103)47(62)95)120-64-32(24-128-16-8-40(87)88)112-72(56(104)48(64)96)119-63-31(23-127-15-7-39(85)86)110-70(54(102)46(63)94)117-61-29(21-125-13-5-37(81)82)108-68(52(100)44(61)92)115-59-27(19-123-11-3-35(77)78)106-66(113-57)50(98)42(59)90/h25-32,41-72,89-104H,1-24H2,(H,73,74)(H,75,76)(H,77,78)(H,79,80)(H,81,82)(H,83,84)(H,85,86)(H,87,88)/t25-,26-,27-,28-,29?,30?,31-,32?,41-,42-,43-,44-,45-,46-,47-,48-,49-,50-,51-,52-,53-,54-,55-,56-,57-,58-,59-,60-,61-,62-,63-,64-,65-,66-,67-,68-,69-,70-,71-,72-/m1/s1. The SMILES string of the molecule is O=C(O)CCSCC1O[C@@H]2O[C@H]3[C@H](O)[C@@H](O)[C@@H](O[C@H]4[C@H](O)[C@@H](O)[C@@H](O[C@H]5[C@H](O)[C@@H](O)[C@@H](O[C@H]6[C@H](O)[C@@H](O)[C@@H](O[C@@H]7C(CSCCC(=O)O)O[C@H](O[C@@H]8C(CSCCC(=O)O)O[C@H](O[C@H]9[C@H](O)[C@@H](O)[C@@H](O[C@H]1[C@H](O)[C@H]2O)O[C@@H]9CSCCC(=O)O)[C@H](O)[C@H]8O)[C@H](O)[C@H]7O)O[C@@H]6CSCCC(=O)O)O[C@@H]5CSCCC(=O)O)O[C@@H]4CSCCC(=O)O)O[C@@H]3CSCCC(=O)O. The molecular formula is C72H112O48S8. The summed E-state index contributed by atoms with van der Waals surface area (Å²) in [4.78, 5) is 94.3. The van der Waals surface area contributed by atoms with Crippen molar-refractivity contribution in [3.05, 3.63) is 0 Å². The fraction of sp³-hybridized carbons (Fsp3) is 0.889. The largest absolute Gasteiger partial charge is 0.481 e. The number of aliphatic hydroxyl groups is 16. The molecule has 30 fully saturated rings. The first-order valence-corrected chi connectivity index (χ1v) is 49.7. The zero-order valence-electron chi connectivity index (χ0n) is 67.9. The number of thioether (sulfide) groups is 8. The average Bonchev–Trinajstić information content (AvgIpc) is 0.770. The second kappa shape index (κ2) is 52.7. The maximum absolute atomic E-state index is 12.3. The van der Waals surface area contributed by atoms with Crippen molar-refractivity contribution >= 4 is 142 Å². The summed E-state index contributed by atoms with van der Waals surface area (Å²) in [5.74, 6) is -14.4. The second-order valence-electron chi connectivity index (χ2n) is 30.7. The lowest BCUT2D eigenvalue weighted by Crippen LogP contribution is -2.69. The highest BCUT2D eigenvalue weighted by Gasteiger charge is 2.61. The molecule has 30 aliphatic rings. The van der Waals surface area contributed by atoms with Crippen LogP contribution in [0.2, 0.25) is 0 Å². The molecule has 48 nitrogen and oxygen atoms in total. The molecule has 3 unspecified atom stereocenters. The van der Waals surface area contributed by atoms with E-state index in [1.807, 2.05) is 0 Å². The molecule has 30 rings (SSSR count). The lowest BCUT2D eigenvalue weighted by atomic mass is 9.95. The lowest BCUT2D eigenvalue weighted by molar-refractivity contribution is -0.396. The van der Waals surface area contributed by atoms with Crippen LogP contribution < -0.4 is 0 Å². The maximum Gasteiger partial charge on any atom is 0.304 e. The number of hydrogen-bond acceptors (Lipinski definition) is 48. The van der Waals surface area contributed by atoms with Gasteiger partial charge in [0, 0.05) is 92.0 Å². The first-order valence-electron chi connectivity index (χ1n) is 40.5. The van der Waals surface area contributed by atoms with E-state index in [4.69, 9.17) is 75.8 Å². The minimum Gasteiger partial charge on any atom is -0.481 e. The van der Waals surface area contributed by atoms with Crippen LogP contribution in [0.3, 0.4) is 0 Å². The normalized spacial score (nSPS) is 41.5. The summed E-state index contributed by atoms with van der Waals surface area (Å²) >= 11 is 7.04. The van der Waals surface area contributed by atoms with Crippen molar-refractivity contribution in [2.45, 2.75) is 297 Å². The van der Waals surface area contributed by atoms with Gasteiger partial charge in [-0.25, -0.2) is 0 Å². The van der Waals surface area contributed by atoms with E-state index in [9.17, 15) is 161 Å². The van der Waals surface area contributed by atoms with Crippen molar-refractivity contribution in [3.63, 3.8) is 0 Å². The van der Waals surface area contributed by atoms with Crippen LogP contribution in [0, 0.1) is 0 Å². The van der Waals surface area contributed by atoms with Crippen LogP contribution in [0.5, 0.6) is 0 Å². The number of ether oxygens (including phenoxy) is 16. The number of rotatable bonds is 40. The summed E-state index contributed by atoms with van der Waals surface area (Å²) in [5.41, 5.74) is 0. The van der Waals surface area contributed by atoms with Gasteiger partial charge in [-0.15, -0.1) is 0 Å². The number of aliphatic carboxylic acids is 8. The van der Waals surface area contributed by atoms with Crippen molar-refractivity contribution < 1.29 is 237 Å². The molecule has 0 aromatic rings. The van der Waals surface area contributed by atoms with Gasteiger partial charge in [0.15, 0.2) is 50.3 Å². The molecule has 16 bridgehead atoms. The fourth-order valence-corrected chi connectivity index (χ4v) is 22.6. The summed E-state index contributed by atoms with van der Waals surface area (Å²) in [6.07, 6.45) is -85.9. The van der Waals surface area contributed by atoms with Gasteiger partial charge in [-0.3, -0.25) is 38.4 Å². The van der Waals surface area contributed by atoms with Crippen LogP contribution in [0.1, 0.15) is 51.4 Å². The number of carbonyl (C=O) groups is 8. The number of aliphatic hydroxyl groups excluding tert-OH is 16. The molecule has 0 saturated carbocycles. The van der Waals surface area contributed by atoms with E-state index in [0.717, 1.165) is 94.1 Å². The summed E-state index contributed by atoms with van der Waals surface area (Å²) in [6.45, 7) is 0. The Morgan fingerprint density at radius 1 is 0.156 bits per heavy atom. The molecule has 0 spiro atoms. The molecule has 30 aliphatic heterocycles. The Bertz CT molecular complexity index is 2830. The molecule has 736 valence electrons.